The molecule has 2 aromatic carbocycles. The lowest BCUT2D eigenvalue weighted by Gasteiger charge is -2.24. The van der Waals surface area contributed by atoms with Crippen molar-refractivity contribution in [1.82, 2.24) is 25.4 Å². The second-order valence-electron chi connectivity index (χ2n) is 7.83. The van der Waals surface area contributed by atoms with Crippen LogP contribution >= 0.6 is 24.0 Å². The fourth-order valence-electron chi connectivity index (χ4n) is 4.13. The maximum Gasteiger partial charge on any atom is 0.191 e. The number of guanidine groups is 1. The van der Waals surface area contributed by atoms with Crippen molar-refractivity contribution in [3.05, 3.63) is 59.7 Å². The molecule has 0 radical (unpaired) electrons. The van der Waals surface area contributed by atoms with Gasteiger partial charge in [-0.05, 0) is 49.4 Å². The van der Waals surface area contributed by atoms with Gasteiger partial charge in [-0.2, -0.15) is 0 Å². The number of aryl methyl sites for hydroxylation is 2. The molecule has 1 aliphatic heterocycles. The Morgan fingerprint density at radius 2 is 2.00 bits per heavy atom. The Morgan fingerprint density at radius 3 is 2.83 bits per heavy atom. The highest BCUT2D eigenvalue weighted by Gasteiger charge is 2.21. The van der Waals surface area contributed by atoms with Gasteiger partial charge >= 0.3 is 0 Å². The summed E-state index contributed by atoms with van der Waals surface area (Å²) in [5.41, 5.74) is 1.29. The molecule has 0 fully saturated rings. The number of aliphatic imine (C=N–C) groups is 1. The topological polar surface area (TPSA) is 67.1 Å². The maximum absolute atomic E-state index is 4.91. The van der Waals surface area contributed by atoms with Crippen LogP contribution in [0.2, 0.25) is 0 Å². The zero-order valence-corrected chi connectivity index (χ0v) is 20.3. The smallest absolute Gasteiger partial charge is 0.191 e. The van der Waals surface area contributed by atoms with Gasteiger partial charge in [0.25, 0.3) is 0 Å². The maximum atomic E-state index is 4.91. The summed E-state index contributed by atoms with van der Waals surface area (Å²) in [6.45, 7) is 8.92. The van der Waals surface area contributed by atoms with Gasteiger partial charge in [-0.15, -0.1) is 34.2 Å². The van der Waals surface area contributed by atoms with Crippen molar-refractivity contribution in [1.29, 1.82) is 0 Å². The van der Waals surface area contributed by atoms with E-state index in [-0.39, 0.29) is 30.0 Å². The molecular weight excluding hydrogens is 487 g/mol. The van der Waals surface area contributed by atoms with Gasteiger partial charge in [-0.3, -0.25) is 4.99 Å². The number of nitrogens with zero attached hydrogens (tertiary/aromatic N) is 4. The predicted octanol–water partition coefficient (Wildman–Crippen LogP) is 4.24. The second-order valence-corrected chi connectivity index (χ2v) is 7.83. The number of rotatable bonds is 5. The van der Waals surface area contributed by atoms with Crippen LogP contribution in [0.15, 0.2) is 47.5 Å². The first-order valence-electron chi connectivity index (χ1n) is 10.6. The second kappa shape index (κ2) is 10.2. The largest absolute Gasteiger partial charge is 0.357 e. The summed E-state index contributed by atoms with van der Waals surface area (Å²) in [4.78, 5) is 4.91. The van der Waals surface area contributed by atoms with E-state index in [9.17, 15) is 0 Å². The lowest BCUT2D eigenvalue weighted by atomic mass is 9.99. The first kappa shape index (κ1) is 22.5. The molecule has 4 rings (SSSR count). The molecule has 0 saturated carbocycles. The third-order valence-electron chi connectivity index (χ3n) is 5.72. The number of hydrogen-bond acceptors (Lipinski definition) is 3. The molecule has 6 nitrogen and oxygen atoms in total. The summed E-state index contributed by atoms with van der Waals surface area (Å²) in [5.74, 6) is 3.50. The summed E-state index contributed by atoms with van der Waals surface area (Å²) < 4.78 is 2.24. The van der Waals surface area contributed by atoms with E-state index in [2.05, 4.69) is 81.7 Å². The zero-order chi connectivity index (χ0) is 20.2. The van der Waals surface area contributed by atoms with E-state index in [1.165, 1.54) is 16.3 Å². The molecule has 2 atom stereocenters. The Bertz CT molecular complexity index is 1010. The molecule has 2 unspecified atom stereocenters. The molecule has 2 N–H and O–H groups in total. The van der Waals surface area contributed by atoms with E-state index in [0.29, 0.717) is 5.92 Å². The Labute approximate surface area is 195 Å². The molecule has 0 spiro atoms. The van der Waals surface area contributed by atoms with E-state index in [1.807, 2.05) is 6.92 Å². The van der Waals surface area contributed by atoms with Gasteiger partial charge in [0.15, 0.2) is 5.96 Å². The first-order valence-corrected chi connectivity index (χ1v) is 10.6. The van der Waals surface area contributed by atoms with Gasteiger partial charge in [0.2, 0.25) is 0 Å². The monoisotopic (exact) mass is 518 g/mol. The number of nitrogens with one attached hydrogen (secondary N) is 2. The normalized spacial score (nSPS) is 17.2. The van der Waals surface area contributed by atoms with Gasteiger partial charge in [0, 0.05) is 26.1 Å². The van der Waals surface area contributed by atoms with Crippen LogP contribution in [0.4, 0.5) is 0 Å². The van der Waals surface area contributed by atoms with Crippen molar-refractivity contribution < 1.29 is 0 Å². The third-order valence-corrected chi connectivity index (χ3v) is 5.72. The molecular formula is C23H31IN6. The van der Waals surface area contributed by atoms with Crippen LogP contribution in [0.3, 0.4) is 0 Å². The van der Waals surface area contributed by atoms with Crippen molar-refractivity contribution in [2.24, 2.45) is 10.9 Å². The summed E-state index contributed by atoms with van der Waals surface area (Å²) in [6, 6.07) is 15.2. The molecule has 0 aliphatic carbocycles. The lowest BCUT2D eigenvalue weighted by Crippen LogP contribution is -2.39. The highest BCUT2D eigenvalue weighted by molar-refractivity contribution is 14.0. The van der Waals surface area contributed by atoms with Crippen molar-refractivity contribution in [3.8, 4) is 0 Å². The minimum atomic E-state index is 0. The van der Waals surface area contributed by atoms with Gasteiger partial charge < -0.3 is 15.2 Å². The summed E-state index contributed by atoms with van der Waals surface area (Å²) in [7, 11) is 0. The molecule has 0 amide bonds. The van der Waals surface area contributed by atoms with E-state index < -0.39 is 0 Å². The quantitative estimate of drug-likeness (QED) is 0.302. The molecule has 0 saturated heterocycles. The average molecular weight is 518 g/mol. The number of halogens is 1. The van der Waals surface area contributed by atoms with Crippen LogP contribution < -0.4 is 10.6 Å². The van der Waals surface area contributed by atoms with Crippen LogP contribution in [0.25, 0.3) is 10.8 Å². The molecule has 160 valence electrons. The van der Waals surface area contributed by atoms with Crippen LogP contribution in [0.1, 0.15) is 43.5 Å². The number of benzene rings is 2. The lowest BCUT2D eigenvalue weighted by molar-refractivity contribution is 0.369. The van der Waals surface area contributed by atoms with Gasteiger partial charge in [-0.1, -0.05) is 42.5 Å². The SMILES string of the molecule is CCNC(=NCC1CCc2nnc(C)n2C1)NC(C)c1cccc2ccccc12.I. The fourth-order valence-corrected chi connectivity index (χ4v) is 4.13. The standard InChI is InChI=1S/C23H30N6.HI/c1-4-24-23(25-14-18-12-13-22-28-27-17(3)29(22)15-18)26-16(2)20-11-7-9-19-8-5-6-10-21(19)20;/h5-11,16,18H,4,12-15H2,1-3H3,(H2,24,25,26);1H. The van der Waals surface area contributed by atoms with Gasteiger partial charge in [0.05, 0.1) is 6.04 Å². The molecule has 7 heteroatoms. The van der Waals surface area contributed by atoms with E-state index in [0.717, 1.165) is 50.1 Å². The Kier molecular flexibility index (Phi) is 7.69. The molecule has 1 aromatic heterocycles. The molecule has 1 aliphatic rings. The van der Waals surface area contributed by atoms with Crippen LogP contribution in [0, 0.1) is 12.8 Å². The zero-order valence-electron chi connectivity index (χ0n) is 17.9. The van der Waals surface area contributed by atoms with Crippen LogP contribution in [-0.2, 0) is 13.0 Å². The van der Waals surface area contributed by atoms with E-state index in [1.54, 1.807) is 0 Å². The Hall–Kier alpha value is -2.16. The first-order chi connectivity index (χ1) is 14.2. The van der Waals surface area contributed by atoms with Gasteiger partial charge in [0.1, 0.15) is 11.6 Å². The minimum Gasteiger partial charge on any atom is -0.357 e. The Balaban J connectivity index is 0.00000256. The summed E-state index contributed by atoms with van der Waals surface area (Å²) in [5, 5.41) is 18.0. The minimum absolute atomic E-state index is 0. The number of fused-ring (bicyclic) bond motifs is 2. The van der Waals surface area contributed by atoms with Crippen molar-refractivity contribution in [3.63, 3.8) is 0 Å². The van der Waals surface area contributed by atoms with Crippen LogP contribution in [-0.4, -0.2) is 33.8 Å². The Morgan fingerprint density at radius 1 is 1.20 bits per heavy atom. The molecule has 30 heavy (non-hydrogen) atoms. The van der Waals surface area contributed by atoms with Crippen LogP contribution in [0.5, 0.6) is 0 Å². The van der Waals surface area contributed by atoms with E-state index in [4.69, 9.17) is 4.99 Å². The number of aromatic nitrogens is 3. The highest BCUT2D eigenvalue weighted by Crippen LogP contribution is 2.24. The fraction of sp³-hybridized carbons (Fsp3) is 0.435. The summed E-state index contributed by atoms with van der Waals surface area (Å²) in [6.07, 6.45) is 2.09. The molecule has 2 heterocycles. The number of hydrogen-bond donors (Lipinski definition) is 2. The van der Waals surface area contributed by atoms with Crippen molar-refractivity contribution in [2.45, 2.75) is 46.2 Å². The van der Waals surface area contributed by atoms with Gasteiger partial charge in [-0.25, -0.2) is 0 Å². The van der Waals surface area contributed by atoms with Crippen molar-refractivity contribution >= 4 is 40.7 Å². The summed E-state index contributed by atoms with van der Waals surface area (Å²) >= 11 is 0. The predicted molar refractivity (Wildman–Crippen MR) is 133 cm³/mol. The highest BCUT2D eigenvalue weighted by atomic mass is 127. The molecule has 3 aromatic rings. The van der Waals surface area contributed by atoms with Crippen molar-refractivity contribution in [2.75, 3.05) is 13.1 Å². The van der Waals surface area contributed by atoms with E-state index >= 15 is 0 Å². The molecule has 0 bridgehead atoms. The average Bonchev–Trinajstić information content (AvgIpc) is 3.12. The third kappa shape index (κ3) is 4.94.